The largest absolute Gasteiger partial charge is 0.462 e. The highest BCUT2D eigenvalue weighted by molar-refractivity contribution is 5.85. The van der Waals surface area contributed by atoms with Gasteiger partial charge in [0.15, 0.2) is 0 Å². The Morgan fingerprint density at radius 2 is 2.00 bits per heavy atom. The Morgan fingerprint density at radius 1 is 1.55 bits per heavy atom. The molecule has 0 aromatic carbocycles. The smallest absolute Gasteiger partial charge is 0.326 e. The Balaban J connectivity index is 0.000001000. The van der Waals surface area contributed by atoms with Gasteiger partial charge in [-0.2, -0.15) is 0 Å². The van der Waals surface area contributed by atoms with Crippen LogP contribution in [0.4, 0.5) is 0 Å². The summed E-state index contributed by atoms with van der Waals surface area (Å²) in [7, 11) is 0. The summed E-state index contributed by atoms with van der Waals surface area (Å²) in [6.45, 7) is 3.65. The summed E-state index contributed by atoms with van der Waals surface area (Å²) < 4.78 is 4.91. The Bertz CT molecular complexity index is 155. The van der Waals surface area contributed by atoms with E-state index in [1.807, 2.05) is 13.8 Å². The molecule has 0 atom stereocenters. The zero-order valence-corrected chi connectivity index (χ0v) is 7.61. The number of carbonyl (C=O) groups excluding carboxylic acids is 1. The minimum Gasteiger partial charge on any atom is -0.462 e. The third-order valence-electron chi connectivity index (χ3n) is 1.54. The first-order valence-electron chi connectivity index (χ1n) is 3.54. The van der Waals surface area contributed by atoms with Gasteiger partial charge in [-0.05, 0) is 26.7 Å². The van der Waals surface area contributed by atoms with Crippen LogP contribution in [-0.4, -0.2) is 17.6 Å². The van der Waals surface area contributed by atoms with Crippen LogP contribution < -0.4 is 5.73 Å². The van der Waals surface area contributed by atoms with E-state index in [1.165, 1.54) is 0 Å². The lowest BCUT2D eigenvalue weighted by atomic mass is 10.3. The lowest BCUT2D eigenvalue weighted by Crippen LogP contribution is -2.35. The van der Waals surface area contributed by atoms with Crippen molar-refractivity contribution in [3.05, 3.63) is 0 Å². The summed E-state index contributed by atoms with van der Waals surface area (Å²) in [4.78, 5) is 11.0. The fourth-order valence-corrected chi connectivity index (χ4v) is 0.670. The van der Waals surface area contributed by atoms with Crippen LogP contribution in [0, 0.1) is 0 Å². The van der Waals surface area contributed by atoms with Crippen LogP contribution in [0.5, 0.6) is 0 Å². The molecule has 0 spiro atoms. The molecule has 3 nitrogen and oxygen atoms in total. The number of hydrogen-bond acceptors (Lipinski definition) is 3. The summed E-state index contributed by atoms with van der Waals surface area (Å²) in [6, 6.07) is 0. The van der Waals surface area contributed by atoms with Crippen LogP contribution in [0.2, 0.25) is 0 Å². The van der Waals surface area contributed by atoms with Crippen molar-refractivity contribution in [2.75, 3.05) is 0 Å². The number of esters is 1. The van der Waals surface area contributed by atoms with Crippen molar-refractivity contribution in [2.24, 2.45) is 5.73 Å². The number of halogens is 1. The first kappa shape index (κ1) is 10.7. The van der Waals surface area contributed by atoms with Crippen LogP contribution in [0.15, 0.2) is 0 Å². The van der Waals surface area contributed by atoms with Crippen LogP contribution in [0.1, 0.15) is 26.7 Å². The number of hydrogen-bond donors (Lipinski definition) is 1. The lowest BCUT2D eigenvalue weighted by molar-refractivity contribution is -0.150. The molecule has 4 heteroatoms. The summed E-state index contributed by atoms with van der Waals surface area (Å²) in [5.74, 6) is -0.248. The molecular weight excluding hydrogens is 166 g/mol. The summed E-state index contributed by atoms with van der Waals surface area (Å²) in [6.07, 6.45) is 1.51. The average molecular weight is 180 g/mol. The number of nitrogens with two attached hydrogens (primary N) is 1. The van der Waals surface area contributed by atoms with E-state index in [9.17, 15) is 4.79 Å². The molecule has 1 aliphatic carbocycles. The fraction of sp³-hybridized carbons (Fsp3) is 0.857. The van der Waals surface area contributed by atoms with Crippen molar-refractivity contribution in [3.8, 4) is 0 Å². The predicted molar refractivity (Wildman–Crippen MR) is 44.6 cm³/mol. The van der Waals surface area contributed by atoms with E-state index in [0.717, 1.165) is 12.8 Å². The van der Waals surface area contributed by atoms with Crippen LogP contribution in [-0.2, 0) is 9.53 Å². The highest BCUT2D eigenvalue weighted by Gasteiger charge is 2.47. The highest BCUT2D eigenvalue weighted by atomic mass is 35.5. The van der Waals surface area contributed by atoms with Crippen molar-refractivity contribution in [1.29, 1.82) is 0 Å². The van der Waals surface area contributed by atoms with E-state index < -0.39 is 5.54 Å². The molecule has 0 unspecified atom stereocenters. The number of ether oxygens (including phenoxy) is 1. The van der Waals surface area contributed by atoms with Gasteiger partial charge in [-0.1, -0.05) is 0 Å². The third kappa shape index (κ3) is 2.67. The predicted octanol–water partition coefficient (Wildman–Crippen LogP) is 0.851. The van der Waals surface area contributed by atoms with E-state index >= 15 is 0 Å². The van der Waals surface area contributed by atoms with E-state index in [4.69, 9.17) is 10.5 Å². The van der Waals surface area contributed by atoms with Gasteiger partial charge in [0, 0.05) is 0 Å². The molecule has 1 saturated carbocycles. The normalized spacial score (nSPS) is 18.9. The third-order valence-corrected chi connectivity index (χ3v) is 1.54. The zero-order chi connectivity index (χ0) is 7.78. The number of rotatable bonds is 2. The van der Waals surface area contributed by atoms with E-state index in [1.54, 1.807) is 0 Å². The molecule has 1 rings (SSSR count). The maximum absolute atomic E-state index is 11.0. The minimum absolute atomic E-state index is 0. The van der Waals surface area contributed by atoms with Crippen molar-refractivity contribution in [2.45, 2.75) is 38.3 Å². The lowest BCUT2D eigenvalue weighted by Gasteiger charge is -2.11. The second-order valence-corrected chi connectivity index (χ2v) is 3.11. The Kier molecular flexibility index (Phi) is 3.32. The molecule has 1 fully saturated rings. The van der Waals surface area contributed by atoms with Crippen LogP contribution in [0.3, 0.4) is 0 Å². The molecule has 0 bridgehead atoms. The van der Waals surface area contributed by atoms with Gasteiger partial charge in [-0.15, -0.1) is 12.4 Å². The molecule has 2 N–H and O–H groups in total. The molecule has 0 aromatic heterocycles. The van der Waals surface area contributed by atoms with Gasteiger partial charge >= 0.3 is 5.97 Å². The van der Waals surface area contributed by atoms with E-state index in [2.05, 4.69) is 0 Å². The van der Waals surface area contributed by atoms with Gasteiger partial charge in [0.25, 0.3) is 0 Å². The van der Waals surface area contributed by atoms with Gasteiger partial charge in [-0.25, -0.2) is 0 Å². The average Bonchev–Trinajstić information content (AvgIpc) is 2.47. The Morgan fingerprint density at radius 3 is 2.27 bits per heavy atom. The Labute approximate surface area is 72.7 Å². The molecule has 0 aliphatic heterocycles. The Hall–Kier alpha value is -0.280. The standard InChI is InChI=1S/C7H13NO2.ClH/c1-5(2)10-6(9)7(8)3-4-7;/h5H,3-4,8H2,1-2H3;1H. The van der Waals surface area contributed by atoms with Crippen molar-refractivity contribution in [3.63, 3.8) is 0 Å². The van der Waals surface area contributed by atoms with Gasteiger partial charge in [-0.3, -0.25) is 4.79 Å². The maximum Gasteiger partial charge on any atom is 0.326 e. The van der Waals surface area contributed by atoms with Gasteiger partial charge in [0.1, 0.15) is 5.54 Å². The van der Waals surface area contributed by atoms with Gasteiger partial charge < -0.3 is 10.5 Å². The summed E-state index contributed by atoms with van der Waals surface area (Å²) in [5, 5.41) is 0. The van der Waals surface area contributed by atoms with Crippen molar-refractivity contribution >= 4 is 18.4 Å². The fourth-order valence-electron chi connectivity index (χ4n) is 0.670. The molecule has 66 valence electrons. The van der Waals surface area contributed by atoms with E-state index in [-0.39, 0.29) is 24.5 Å². The van der Waals surface area contributed by atoms with Gasteiger partial charge in [0.2, 0.25) is 0 Å². The molecule has 0 heterocycles. The number of carbonyl (C=O) groups is 1. The molecule has 0 radical (unpaired) electrons. The zero-order valence-electron chi connectivity index (χ0n) is 6.79. The maximum atomic E-state index is 11.0. The summed E-state index contributed by atoms with van der Waals surface area (Å²) in [5.41, 5.74) is 4.94. The first-order valence-corrected chi connectivity index (χ1v) is 3.54. The molecular formula is C7H14ClNO2. The highest BCUT2D eigenvalue weighted by Crippen LogP contribution is 2.33. The second kappa shape index (κ2) is 3.41. The van der Waals surface area contributed by atoms with Crippen LogP contribution >= 0.6 is 12.4 Å². The van der Waals surface area contributed by atoms with E-state index in [0.29, 0.717) is 0 Å². The molecule has 11 heavy (non-hydrogen) atoms. The second-order valence-electron chi connectivity index (χ2n) is 3.11. The van der Waals surface area contributed by atoms with Gasteiger partial charge in [0.05, 0.1) is 6.10 Å². The summed E-state index contributed by atoms with van der Waals surface area (Å²) >= 11 is 0. The van der Waals surface area contributed by atoms with Crippen molar-refractivity contribution in [1.82, 2.24) is 0 Å². The SMILES string of the molecule is CC(C)OC(=O)C1(N)CC1.Cl. The molecule has 0 aromatic rings. The minimum atomic E-state index is -0.621. The topological polar surface area (TPSA) is 52.3 Å². The quantitative estimate of drug-likeness (QED) is 0.640. The molecule has 0 amide bonds. The molecule has 1 aliphatic rings. The molecule has 0 saturated heterocycles. The van der Waals surface area contributed by atoms with Crippen molar-refractivity contribution < 1.29 is 9.53 Å². The monoisotopic (exact) mass is 179 g/mol. The van der Waals surface area contributed by atoms with Crippen LogP contribution in [0.25, 0.3) is 0 Å². The first-order chi connectivity index (χ1) is 4.54.